The van der Waals surface area contributed by atoms with E-state index in [0.29, 0.717) is 15.5 Å². The molecule has 1 atom stereocenters. The van der Waals surface area contributed by atoms with Crippen molar-refractivity contribution in [2.45, 2.75) is 30.2 Å². The molecule has 3 nitrogen and oxygen atoms in total. The molecule has 110 valence electrons. The van der Waals surface area contributed by atoms with Gasteiger partial charge in [-0.05, 0) is 37.8 Å². The van der Waals surface area contributed by atoms with E-state index in [4.69, 9.17) is 11.6 Å². The van der Waals surface area contributed by atoms with Gasteiger partial charge >= 0.3 is 0 Å². The van der Waals surface area contributed by atoms with Crippen molar-refractivity contribution in [2.24, 2.45) is 0 Å². The maximum Gasteiger partial charge on any atom is 0.0633 e. The van der Waals surface area contributed by atoms with Crippen molar-refractivity contribution in [3.05, 3.63) is 29.3 Å². The summed E-state index contributed by atoms with van der Waals surface area (Å²) in [5.41, 5.74) is 0.401. The van der Waals surface area contributed by atoms with E-state index < -0.39 is 9.71 Å². The van der Waals surface area contributed by atoms with E-state index in [2.05, 4.69) is 17.7 Å². The lowest BCUT2D eigenvalue weighted by molar-refractivity contribution is 0.134. The van der Waals surface area contributed by atoms with Gasteiger partial charge in [0.05, 0.1) is 19.6 Å². The number of hydrogen-bond acceptors (Lipinski definition) is 2. The summed E-state index contributed by atoms with van der Waals surface area (Å²) in [6.45, 7) is 5.84. The Balaban J connectivity index is 1.75. The molecule has 0 amide bonds. The number of rotatable bonds is 3. The first kappa shape index (κ1) is 14.4. The first-order valence-corrected chi connectivity index (χ1v) is 9.12. The maximum absolute atomic E-state index is 13.0. The van der Waals surface area contributed by atoms with E-state index in [1.165, 1.54) is 12.8 Å². The van der Waals surface area contributed by atoms with Crippen molar-refractivity contribution in [3.8, 4) is 0 Å². The second-order valence-electron chi connectivity index (χ2n) is 5.98. The van der Waals surface area contributed by atoms with Crippen molar-refractivity contribution in [3.63, 3.8) is 0 Å². The summed E-state index contributed by atoms with van der Waals surface area (Å²) >= 11 is 6.18. The minimum atomic E-state index is -2.47. The van der Waals surface area contributed by atoms with Gasteiger partial charge in [0, 0.05) is 31.7 Å². The highest BCUT2D eigenvalue weighted by molar-refractivity contribution is 7.98. The fourth-order valence-corrected chi connectivity index (χ4v) is 5.06. The molecule has 1 heterocycles. The smallest absolute Gasteiger partial charge is 0.0633 e. The van der Waals surface area contributed by atoms with Gasteiger partial charge in [-0.1, -0.05) is 23.7 Å². The van der Waals surface area contributed by atoms with E-state index in [0.717, 1.165) is 26.2 Å². The minimum absolute atomic E-state index is 0.401. The quantitative estimate of drug-likeness (QED) is 0.801. The van der Waals surface area contributed by atoms with Crippen LogP contribution in [0.15, 0.2) is 29.2 Å². The molecular weight excluding hydrogens is 292 g/mol. The largest absolute Gasteiger partial charge is 0.295 e. The average Bonchev–Trinajstić information content (AvgIpc) is 3.18. The first-order chi connectivity index (χ1) is 9.43. The van der Waals surface area contributed by atoms with Crippen molar-refractivity contribution < 1.29 is 4.21 Å². The van der Waals surface area contributed by atoms with Crippen LogP contribution in [-0.4, -0.2) is 51.0 Å². The highest BCUT2D eigenvalue weighted by atomic mass is 35.5. The normalized spacial score (nSPS) is 26.1. The molecule has 2 fully saturated rings. The van der Waals surface area contributed by atoms with E-state index in [1.807, 2.05) is 22.5 Å². The van der Waals surface area contributed by atoms with Crippen LogP contribution in [0, 0.1) is 0 Å². The van der Waals surface area contributed by atoms with Gasteiger partial charge in [-0.2, -0.15) is 0 Å². The van der Waals surface area contributed by atoms with Crippen LogP contribution in [0.25, 0.3) is 0 Å². The fourth-order valence-electron chi connectivity index (χ4n) is 2.86. The lowest BCUT2D eigenvalue weighted by Gasteiger charge is -2.39. The molecular formula is C15H21ClN2OS. The van der Waals surface area contributed by atoms with Gasteiger partial charge in [-0.3, -0.25) is 4.90 Å². The molecule has 5 heteroatoms. The van der Waals surface area contributed by atoms with Crippen LogP contribution >= 0.6 is 11.6 Å². The Morgan fingerprint density at radius 1 is 1.20 bits per heavy atom. The van der Waals surface area contributed by atoms with Crippen molar-refractivity contribution in [1.82, 2.24) is 9.21 Å². The van der Waals surface area contributed by atoms with E-state index in [-0.39, 0.29) is 0 Å². The van der Waals surface area contributed by atoms with E-state index in [9.17, 15) is 4.21 Å². The summed E-state index contributed by atoms with van der Waals surface area (Å²) in [5.74, 6) is 3.98. The molecule has 0 N–H and O–H groups in total. The van der Waals surface area contributed by atoms with Crippen LogP contribution in [0.3, 0.4) is 0 Å². The summed E-state index contributed by atoms with van der Waals surface area (Å²) in [4.78, 5) is 3.18. The summed E-state index contributed by atoms with van der Waals surface area (Å²) in [7, 11) is -2.47. The summed E-state index contributed by atoms with van der Waals surface area (Å²) < 4.78 is 15.0. The zero-order valence-corrected chi connectivity index (χ0v) is 13.4. The number of piperazine rings is 1. The number of hydrogen-bond donors (Lipinski definition) is 0. The number of benzene rings is 1. The minimum Gasteiger partial charge on any atom is -0.295 e. The third kappa shape index (κ3) is 2.50. The second-order valence-corrected chi connectivity index (χ2v) is 8.63. The molecule has 1 saturated carbocycles. The van der Waals surface area contributed by atoms with Gasteiger partial charge in [0.2, 0.25) is 0 Å². The Morgan fingerprint density at radius 3 is 2.35 bits per heavy atom. The predicted molar refractivity (Wildman–Crippen MR) is 85.8 cm³/mol. The summed E-state index contributed by atoms with van der Waals surface area (Å²) in [6.07, 6.45) is 2.58. The monoisotopic (exact) mass is 312 g/mol. The molecule has 1 unspecified atom stereocenters. The summed E-state index contributed by atoms with van der Waals surface area (Å²) in [5, 5.41) is 0.545. The Hall–Kier alpha value is -0.550. The Kier molecular flexibility index (Phi) is 3.61. The highest BCUT2D eigenvalue weighted by Gasteiger charge is 2.44. The molecule has 0 spiro atoms. The molecule has 0 bridgehead atoms. The third-order valence-electron chi connectivity index (χ3n) is 4.57. The number of nitrogens with zero attached hydrogens (tertiary/aromatic N) is 2. The molecule has 0 radical (unpaired) electrons. The van der Waals surface area contributed by atoms with Crippen molar-refractivity contribution >= 4 is 27.2 Å². The van der Waals surface area contributed by atoms with Gasteiger partial charge in [-0.25, -0.2) is 8.51 Å². The topological polar surface area (TPSA) is 23.6 Å². The van der Waals surface area contributed by atoms with Gasteiger partial charge in [0.1, 0.15) is 0 Å². The maximum atomic E-state index is 13.0. The van der Waals surface area contributed by atoms with Crippen LogP contribution in [0.1, 0.15) is 19.8 Å². The van der Waals surface area contributed by atoms with E-state index in [1.54, 1.807) is 6.07 Å². The number of halogens is 1. The van der Waals surface area contributed by atoms with Crippen LogP contribution < -0.4 is 0 Å². The Morgan fingerprint density at radius 2 is 1.80 bits per heavy atom. The fraction of sp³-hybridized carbons (Fsp3) is 0.533. The predicted octanol–water partition coefficient (Wildman–Crippen LogP) is 2.50. The van der Waals surface area contributed by atoms with Gasteiger partial charge in [0.15, 0.2) is 0 Å². The van der Waals surface area contributed by atoms with Crippen LogP contribution in [-0.2, 0) is 9.71 Å². The molecule has 1 aliphatic heterocycles. The lowest BCUT2D eigenvalue weighted by Crippen LogP contribution is -2.52. The lowest BCUT2D eigenvalue weighted by atomic mass is 10.2. The first-order valence-electron chi connectivity index (χ1n) is 7.05. The van der Waals surface area contributed by atoms with E-state index >= 15 is 0 Å². The standard InChI is InChI=1S/C15H21ClN2OS/c1-15(7-8-15)17-9-11-18(12-10-17)20(2,19)14-6-4-3-5-13(14)16/h3-6H,2,7-12H2,1H3. The highest BCUT2D eigenvalue weighted by Crippen LogP contribution is 2.41. The van der Waals surface area contributed by atoms with Crippen molar-refractivity contribution in [1.29, 1.82) is 0 Å². The zero-order chi connectivity index (χ0) is 14.4. The second kappa shape index (κ2) is 5.02. The van der Waals surface area contributed by atoms with Gasteiger partial charge in [0.25, 0.3) is 0 Å². The average molecular weight is 313 g/mol. The molecule has 20 heavy (non-hydrogen) atoms. The molecule has 1 saturated heterocycles. The van der Waals surface area contributed by atoms with Crippen molar-refractivity contribution in [2.75, 3.05) is 26.2 Å². The zero-order valence-electron chi connectivity index (χ0n) is 11.8. The molecule has 2 aliphatic rings. The molecule has 0 aromatic heterocycles. The Labute approximate surface area is 126 Å². The van der Waals surface area contributed by atoms with Gasteiger partial charge < -0.3 is 0 Å². The Bertz CT molecular complexity index is 602. The van der Waals surface area contributed by atoms with Crippen LogP contribution in [0.2, 0.25) is 5.02 Å². The molecule has 3 rings (SSSR count). The van der Waals surface area contributed by atoms with Crippen LogP contribution in [0.5, 0.6) is 0 Å². The molecule has 1 aliphatic carbocycles. The van der Waals surface area contributed by atoms with Gasteiger partial charge in [-0.15, -0.1) is 0 Å². The SMILES string of the molecule is C=S(=O)(c1ccccc1Cl)N1CCN(C2(C)CC2)CC1. The third-order valence-corrected chi connectivity index (χ3v) is 7.26. The summed E-state index contributed by atoms with van der Waals surface area (Å²) in [6, 6.07) is 7.33. The molecule has 1 aromatic rings. The molecule has 1 aromatic carbocycles. The van der Waals surface area contributed by atoms with Crippen LogP contribution in [0.4, 0.5) is 0 Å².